The summed E-state index contributed by atoms with van der Waals surface area (Å²) in [6, 6.07) is 14.6. The number of nitrogens with zero attached hydrogens (tertiary/aromatic N) is 2. The first-order valence-corrected chi connectivity index (χ1v) is 16.5. The summed E-state index contributed by atoms with van der Waals surface area (Å²) in [5.74, 6) is -1.27. The summed E-state index contributed by atoms with van der Waals surface area (Å²) in [6.07, 6.45) is 12.4. The summed E-state index contributed by atoms with van der Waals surface area (Å²) >= 11 is 0. The first kappa shape index (κ1) is 34.5. The minimum absolute atomic E-state index is 0.0260. The van der Waals surface area contributed by atoms with E-state index in [-0.39, 0.29) is 16.6 Å². The Bertz CT molecular complexity index is 1430. The fraction of sp³-hybridized carbons (Fsp3) is 0.455. The van der Waals surface area contributed by atoms with Gasteiger partial charge >= 0.3 is 11.9 Å². The van der Waals surface area contributed by atoms with Crippen molar-refractivity contribution in [1.82, 2.24) is 9.97 Å². The second kappa shape index (κ2) is 16.7. The van der Waals surface area contributed by atoms with Crippen molar-refractivity contribution in [2.75, 3.05) is 11.3 Å². The first-order valence-electron chi connectivity index (χ1n) is 15.0. The van der Waals surface area contributed by atoms with E-state index in [1.165, 1.54) is 42.5 Å². The number of anilines is 1. The third-order valence-electron chi connectivity index (χ3n) is 6.68. The fourth-order valence-electron chi connectivity index (χ4n) is 4.45. The summed E-state index contributed by atoms with van der Waals surface area (Å²) in [5, 5.41) is 8.86. The zero-order valence-corrected chi connectivity index (χ0v) is 26.6. The van der Waals surface area contributed by atoms with Gasteiger partial charge in [-0.3, -0.25) is 9.52 Å². The van der Waals surface area contributed by atoms with Gasteiger partial charge in [-0.05, 0) is 75.4 Å². The number of aryl methyl sites for hydroxylation is 1. The number of carboxylic acids is 1. The summed E-state index contributed by atoms with van der Waals surface area (Å²) in [6.45, 7) is 6.14. The number of rotatable bonds is 18. The van der Waals surface area contributed by atoms with Crippen LogP contribution >= 0.6 is 0 Å². The highest BCUT2D eigenvalue weighted by Crippen LogP contribution is 2.20. The molecular weight excluding hydrogens is 582 g/mol. The molecule has 2 aromatic carbocycles. The number of hydrogen-bond donors (Lipinski definition) is 2. The molecule has 0 amide bonds. The Kier molecular flexibility index (Phi) is 13.1. The number of ether oxygens (including phenoxy) is 2. The van der Waals surface area contributed by atoms with Gasteiger partial charge in [-0.25, -0.2) is 23.2 Å². The molecule has 3 aromatic rings. The lowest BCUT2D eigenvalue weighted by Crippen LogP contribution is -2.23. The Morgan fingerprint density at radius 2 is 1.34 bits per heavy atom. The zero-order valence-electron chi connectivity index (χ0n) is 25.8. The van der Waals surface area contributed by atoms with Crippen LogP contribution in [0.5, 0.6) is 5.75 Å². The van der Waals surface area contributed by atoms with Crippen molar-refractivity contribution in [2.24, 2.45) is 0 Å². The van der Waals surface area contributed by atoms with Crippen molar-refractivity contribution in [2.45, 2.75) is 95.5 Å². The van der Waals surface area contributed by atoms with Crippen molar-refractivity contribution >= 4 is 27.6 Å². The first-order chi connectivity index (χ1) is 20.9. The van der Waals surface area contributed by atoms with Crippen molar-refractivity contribution < 1.29 is 32.6 Å². The van der Waals surface area contributed by atoms with E-state index < -0.39 is 27.4 Å². The molecule has 0 radical (unpaired) electrons. The van der Waals surface area contributed by atoms with Crippen LogP contribution in [0, 0.1) is 0 Å². The topological polar surface area (TPSA) is 145 Å². The van der Waals surface area contributed by atoms with E-state index in [0.717, 1.165) is 50.9 Å². The van der Waals surface area contributed by atoms with Crippen LogP contribution in [-0.4, -0.2) is 47.6 Å². The molecular formula is C33H43N3O7S. The van der Waals surface area contributed by atoms with Gasteiger partial charge in [0.15, 0.2) is 0 Å². The number of carbonyl (C=O) groups is 2. The quantitative estimate of drug-likeness (QED) is 0.118. The van der Waals surface area contributed by atoms with E-state index in [0.29, 0.717) is 18.8 Å². The molecule has 0 unspecified atom stereocenters. The summed E-state index contributed by atoms with van der Waals surface area (Å²) in [7, 11) is -3.90. The molecule has 238 valence electrons. The Morgan fingerprint density at radius 1 is 0.795 bits per heavy atom. The number of benzene rings is 2. The number of esters is 1. The second-order valence-corrected chi connectivity index (χ2v) is 13.3. The van der Waals surface area contributed by atoms with Crippen molar-refractivity contribution in [3.63, 3.8) is 0 Å². The second-order valence-electron chi connectivity index (χ2n) is 11.7. The van der Waals surface area contributed by atoms with Gasteiger partial charge in [-0.15, -0.1) is 0 Å². The van der Waals surface area contributed by atoms with Gasteiger partial charge in [0.25, 0.3) is 10.0 Å². The molecule has 0 aliphatic carbocycles. The Morgan fingerprint density at radius 3 is 1.91 bits per heavy atom. The number of hydrogen-bond acceptors (Lipinski definition) is 8. The summed E-state index contributed by atoms with van der Waals surface area (Å²) in [4.78, 5) is 29.8. The lowest BCUT2D eigenvalue weighted by molar-refractivity contribution is -0.154. The number of nitrogens with one attached hydrogen (secondary N) is 1. The Labute approximate surface area is 260 Å². The van der Waals surface area contributed by atoms with E-state index >= 15 is 0 Å². The van der Waals surface area contributed by atoms with E-state index in [9.17, 15) is 18.0 Å². The molecule has 0 bridgehead atoms. The highest BCUT2D eigenvalue weighted by molar-refractivity contribution is 7.92. The maximum atomic E-state index is 12.6. The lowest BCUT2D eigenvalue weighted by Gasteiger charge is -2.19. The van der Waals surface area contributed by atoms with E-state index in [4.69, 9.17) is 14.6 Å². The van der Waals surface area contributed by atoms with Gasteiger partial charge < -0.3 is 14.6 Å². The van der Waals surface area contributed by atoms with Crippen LogP contribution in [0.15, 0.2) is 65.8 Å². The van der Waals surface area contributed by atoms with Crippen molar-refractivity contribution in [3.05, 3.63) is 77.9 Å². The molecule has 44 heavy (non-hydrogen) atoms. The standard InChI is InChI=1S/C33H43N3O7S/c1-33(2,3)43-30(37)12-10-8-6-4-5-7-9-11-25-13-15-26(16-14-25)21-22-42-28-17-19-29(20-18-28)44(40,41)36-27-23-34-31(32(38)39)35-24-27/h13-20,23-24,36H,4-12,21-22H2,1-3H3,(H,38,39). The Balaban J connectivity index is 1.29. The van der Waals surface area contributed by atoms with Crippen LogP contribution in [0.3, 0.4) is 0 Å². The number of aromatic carboxylic acids is 1. The van der Waals surface area contributed by atoms with Crippen LogP contribution in [0.4, 0.5) is 5.69 Å². The lowest BCUT2D eigenvalue weighted by atomic mass is 10.0. The molecule has 1 aromatic heterocycles. The van der Waals surface area contributed by atoms with Gasteiger partial charge in [-0.2, -0.15) is 0 Å². The highest BCUT2D eigenvalue weighted by Gasteiger charge is 2.16. The zero-order chi connectivity index (χ0) is 32.0. The number of sulfonamides is 1. The third-order valence-corrected chi connectivity index (χ3v) is 8.08. The third kappa shape index (κ3) is 12.7. The molecule has 2 N–H and O–H groups in total. The predicted octanol–water partition coefficient (Wildman–Crippen LogP) is 6.60. The van der Waals surface area contributed by atoms with Crippen molar-refractivity contribution in [1.29, 1.82) is 0 Å². The minimum Gasteiger partial charge on any atom is -0.493 e. The number of carbonyl (C=O) groups excluding carboxylic acids is 1. The van der Waals surface area contributed by atoms with Crippen LogP contribution in [0.2, 0.25) is 0 Å². The maximum Gasteiger partial charge on any atom is 0.373 e. The molecule has 3 rings (SSSR count). The Hall–Kier alpha value is -3.99. The van der Waals surface area contributed by atoms with Gasteiger partial charge in [0.1, 0.15) is 11.4 Å². The molecule has 0 aliphatic heterocycles. The van der Waals surface area contributed by atoms with Gasteiger partial charge in [-0.1, -0.05) is 56.4 Å². The highest BCUT2D eigenvalue weighted by atomic mass is 32.2. The average Bonchev–Trinajstić information content (AvgIpc) is 2.96. The predicted molar refractivity (Wildman–Crippen MR) is 168 cm³/mol. The molecule has 0 saturated heterocycles. The van der Waals surface area contributed by atoms with E-state index in [2.05, 4.69) is 39.0 Å². The van der Waals surface area contributed by atoms with Crippen LogP contribution in [0.1, 0.15) is 93.9 Å². The van der Waals surface area contributed by atoms with E-state index in [1.807, 2.05) is 20.8 Å². The van der Waals surface area contributed by atoms with Gasteiger partial charge in [0, 0.05) is 12.8 Å². The molecule has 0 fully saturated rings. The molecule has 0 saturated carbocycles. The number of aromatic nitrogens is 2. The summed E-state index contributed by atoms with van der Waals surface area (Å²) in [5.41, 5.74) is 2.14. The largest absolute Gasteiger partial charge is 0.493 e. The number of unbranched alkanes of at least 4 members (excludes halogenated alkanes) is 6. The van der Waals surface area contributed by atoms with Crippen LogP contribution in [-0.2, 0) is 32.4 Å². The van der Waals surface area contributed by atoms with Gasteiger partial charge in [0.2, 0.25) is 5.82 Å². The van der Waals surface area contributed by atoms with Gasteiger partial charge in [0.05, 0.1) is 29.6 Å². The molecule has 0 spiro atoms. The summed E-state index contributed by atoms with van der Waals surface area (Å²) < 4.78 is 38.7. The molecule has 11 heteroatoms. The molecule has 0 aliphatic rings. The fourth-order valence-corrected chi connectivity index (χ4v) is 5.48. The maximum absolute atomic E-state index is 12.6. The molecule has 1 heterocycles. The number of carboxylic acid groups (broad SMARTS) is 1. The normalized spacial score (nSPS) is 11.6. The minimum atomic E-state index is -3.90. The van der Waals surface area contributed by atoms with Crippen LogP contribution in [0.25, 0.3) is 0 Å². The van der Waals surface area contributed by atoms with Crippen LogP contribution < -0.4 is 9.46 Å². The molecule has 0 atom stereocenters. The monoisotopic (exact) mass is 625 g/mol. The average molecular weight is 626 g/mol. The SMILES string of the molecule is CC(C)(C)OC(=O)CCCCCCCCCc1ccc(CCOc2ccc(S(=O)(=O)Nc3cnc(C(=O)O)nc3)cc2)cc1. The smallest absolute Gasteiger partial charge is 0.373 e. The van der Waals surface area contributed by atoms with E-state index in [1.54, 1.807) is 12.1 Å². The molecule has 10 nitrogen and oxygen atoms in total. The van der Waals surface area contributed by atoms with Crippen molar-refractivity contribution in [3.8, 4) is 5.75 Å².